The van der Waals surface area contributed by atoms with Gasteiger partial charge in [0.25, 0.3) is 0 Å². The summed E-state index contributed by atoms with van der Waals surface area (Å²) < 4.78 is 15.3. The lowest BCUT2D eigenvalue weighted by Gasteiger charge is -2.11. The van der Waals surface area contributed by atoms with Gasteiger partial charge >= 0.3 is 5.97 Å². The van der Waals surface area contributed by atoms with Crippen LogP contribution in [0.4, 0.5) is 0 Å². The molecule has 2 rings (SSSR count). The zero-order chi connectivity index (χ0) is 18.4. The van der Waals surface area contributed by atoms with Crippen LogP contribution in [0.15, 0.2) is 39.3 Å². The van der Waals surface area contributed by atoms with E-state index in [1.54, 1.807) is 24.3 Å². The lowest BCUT2D eigenvalue weighted by Crippen LogP contribution is -2.23. The minimum Gasteiger partial charge on any atom is -0.482 e. The first-order valence-electron chi connectivity index (χ1n) is 7.74. The van der Waals surface area contributed by atoms with Gasteiger partial charge in [0, 0.05) is 0 Å². The van der Waals surface area contributed by atoms with E-state index >= 15 is 0 Å². The van der Waals surface area contributed by atoms with Gasteiger partial charge in [-0.3, -0.25) is 4.79 Å². The molecule has 6 nitrogen and oxygen atoms in total. The standard InChI is InChI=1S/C19H21NO5/c1-12(2)7-9-14-17(21)16(19(22)24-4)15(20-18(14)23-3)10-8-13-6-5-11-25-13/h5-8,10-11H,9H2,1-4H3,(H,20,21)/b10-8+. The fourth-order valence-electron chi connectivity index (χ4n) is 2.28. The van der Waals surface area contributed by atoms with Gasteiger partial charge < -0.3 is 18.9 Å². The smallest absolute Gasteiger partial charge is 0.344 e. The lowest BCUT2D eigenvalue weighted by molar-refractivity contribution is 0.0598. The number of rotatable bonds is 6. The third kappa shape index (κ3) is 4.29. The molecular weight excluding hydrogens is 322 g/mol. The Hall–Kier alpha value is -3.02. The fraction of sp³-hybridized carbons (Fsp3) is 0.263. The summed E-state index contributed by atoms with van der Waals surface area (Å²) >= 11 is 0. The second kappa shape index (κ2) is 8.19. The van der Waals surface area contributed by atoms with Crippen molar-refractivity contribution in [3.8, 4) is 5.88 Å². The second-order valence-electron chi connectivity index (χ2n) is 5.58. The van der Waals surface area contributed by atoms with Crippen molar-refractivity contribution in [2.75, 3.05) is 14.2 Å². The highest BCUT2D eigenvalue weighted by molar-refractivity contribution is 5.94. The third-order valence-electron chi connectivity index (χ3n) is 3.56. The molecule has 0 spiro atoms. The van der Waals surface area contributed by atoms with E-state index in [2.05, 4.69) is 4.98 Å². The monoisotopic (exact) mass is 343 g/mol. The van der Waals surface area contributed by atoms with Crippen LogP contribution in [0.3, 0.4) is 0 Å². The molecule has 0 aliphatic rings. The topological polar surface area (TPSA) is 81.5 Å². The van der Waals surface area contributed by atoms with Gasteiger partial charge in [0.05, 0.1) is 31.7 Å². The number of nitrogens with one attached hydrogen (secondary N) is 1. The summed E-state index contributed by atoms with van der Waals surface area (Å²) in [5.41, 5.74) is 1.25. The molecule has 0 bridgehead atoms. The van der Waals surface area contributed by atoms with Gasteiger partial charge in [-0.1, -0.05) is 11.6 Å². The average molecular weight is 343 g/mol. The quantitative estimate of drug-likeness (QED) is 0.642. The number of carbonyl (C=O) groups is 1. The molecule has 0 atom stereocenters. The minimum absolute atomic E-state index is 0.0664. The maximum Gasteiger partial charge on any atom is 0.344 e. The van der Waals surface area contributed by atoms with Crippen LogP contribution in [-0.2, 0) is 11.2 Å². The molecule has 0 saturated heterocycles. The highest BCUT2D eigenvalue weighted by Gasteiger charge is 2.21. The summed E-state index contributed by atoms with van der Waals surface area (Å²) in [5.74, 6) is 0.194. The minimum atomic E-state index is -0.707. The fourth-order valence-corrected chi connectivity index (χ4v) is 2.28. The van der Waals surface area contributed by atoms with E-state index in [1.807, 2.05) is 19.9 Å². The van der Waals surface area contributed by atoms with Crippen molar-refractivity contribution in [2.45, 2.75) is 20.3 Å². The molecule has 0 aromatic carbocycles. The number of carbonyl (C=O) groups excluding carboxylic acids is 1. The highest BCUT2D eigenvalue weighted by Crippen LogP contribution is 2.19. The van der Waals surface area contributed by atoms with Crippen LogP contribution in [0.1, 0.15) is 41.2 Å². The molecule has 6 heteroatoms. The molecule has 132 valence electrons. The molecule has 0 aliphatic carbocycles. The number of furan rings is 1. The van der Waals surface area contributed by atoms with E-state index in [0.717, 1.165) is 5.57 Å². The first kappa shape index (κ1) is 18.3. The summed E-state index contributed by atoms with van der Waals surface area (Å²) in [5, 5.41) is 0. The summed E-state index contributed by atoms with van der Waals surface area (Å²) in [6.07, 6.45) is 7.01. The molecule has 0 aliphatic heterocycles. The molecule has 2 aromatic rings. The van der Waals surface area contributed by atoms with Gasteiger partial charge in [-0.2, -0.15) is 0 Å². The van der Waals surface area contributed by atoms with Gasteiger partial charge in [0.2, 0.25) is 5.43 Å². The van der Waals surface area contributed by atoms with Crippen LogP contribution in [0.5, 0.6) is 5.88 Å². The number of hydrogen-bond donors (Lipinski definition) is 1. The number of H-pyrrole nitrogens is 1. The van der Waals surface area contributed by atoms with Crippen molar-refractivity contribution in [3.63, 3.8) is 0 Å². The largest absolute Gasteiger partial charge is 0.482 e. The molecule has 2 heterocycles. The molecule has 0 saturated carbocycles. The molecule has 0 radical (unpaired) electrons. The normalized spacial score (nSPS) is 10.7. The third-order valence-corrected chi connectivity index (χ3v) is 3.56. The van der Waals surface area contributed by atoms with Crippen LogP contribution in [-0.4, -0.2) is 25.2 Å². The number of ether oxygens (including phenoxy) is 2. The molecule has 0 unspecified atom stereocenters. The number of hydrogen-bond acceptors (Lipinski definition) is 5. The Kier molecular flexibility index (Phi) is 6.00. The van der Waals surface area contributed by atoms with Crippen molar-refractivity contribution in [1.29, 1.82) is 0 Å². The van der Waals surface area contributed by atoms with Crippen LogP contribution in [0.2, 0.25) is 0 Å². The van der Waals surface area contributed by atoms with E-state index in [0.29, 0.717) is 29.3 Å². The van der Waals surface area contributed by atoms with Crippen molar-refractivity contribution in [3.05, 3.63) is 62.8 Å². The van der Waals surface area contributed by atoms with E-state index in [9.17, 15) is 9.59 Å². The summed E-state index contributed by atoms with van der Waals surface area (Å²) in [6.45, 7) is 3.87. The Morgan fingerprint density at radius 3 is 2.60 bits per heavy atom. The Morgan fingerprint density at radius 2 is 2.04 bits per heavy atom. The van der Waals surface area contributed by atoms with Crippen LogP contribution >= 0.6 is 0 Å². The number of aromatic amines is 1. The number of aromatic nitrogens is 1. The molecule has 0 amide bonds. The summed E-state index contributed by atoms with van der Waals surface area (Å²) in [4.78, 5) is 28.0. The Balaban J connectivity index is 2.62. The van der Waals surface area contributed by atoms with Gasteiger partial charge in [0.15, 0.2) is 5.88 Å². The molecular formula is C19H21NO5. The summed E-state index contributed by atoms with van der Waals surface area (Å²) in [6, 6.07) is 3.50. The first-order chi connectivity index (χ1) is 12.0. The van der Waals surface area contributed by atoms with Crippen LogP contribution < -0.4 is 10.2 Å². The van der Waals surface area contributed by atoms with Crippen LogP contribution in [0.25, 0.3) is 12.2 Å². The van der Waals surface area contributed by atoms with E-state index in [1.165, 1.54) is 20.5 Å². The highest BCUT2D eigenvalue weighted by atomic mass is 16.5. The molecule has 0 fully saturated rings. The summed E-state index contributed by atoms with van der Waals surface area (Å²) in [7, 11) is 2.71. The van der Waals surface area contributed by atoms with E-state index < -0.39 is 11.4 Å². The van der Waals surface area contributed by atoms with Gasteiger partial charge in [-0.15, -0.1) is 0 Å². The van der Waals surface area contributed by atoms with Gasteiger partial charge in [-0.05, 0) is 44.6 Å². The van der Waals surface area contributed by atoms with Crippen molar-refractivity contribution in [2.24, 2.45) is 0 Å². The predicted octanol–water partition coefficient (Wildman–Crippen LogP) is 3.44. The maximum atomic E-state index is 12.9. The van der Waals surface area contributed by atoms with Gasteiger partial charge in [0.1, 0.15) is 11.3 Å². The Morgan fingerprint density at radius 1 is 1.28 bits per heavy atom. The molecule has 2 aromatic heterocycles. The van der Waals surface area contributed by atoms with Crippen LogP contribution in [0, 0.1) is 0 Å². The zero-order valence-electron chi connectivity index (χ0n) is 14.7. The SMILES string of the molecule is COC(=O)c1c(/C=C/c2ccco2)[nH]c(OC)c(CC=C(C)C)c1=O. The van der Waals surface area contributed by atoms with Crippen molar-refractivity contribution < 1.29 is 18.7 Å². The predicted molar refractivity (Wildman–Crippen MR) is 95.7 cm³/mol. The Bertz CT molecular complexity index is 853. The molecule has 1 N–H and O–H groups in total. The maximum absolute atomic E-state index is 12.9. The molecule has 25 heavy (non-hydrogen) atoms. The van der Waals surface area contributed by atoms with E-state index in [4.69, 9.17) is 13.9 Å². The zero-order valence-corrected chi connectivity index (χ0v) is 14.7. The number of pyridine rings is 1. The first-order valence-corrected chi connectivity index (χ1v) is 7.74. The number of allylic oxidation sites excluding steroid dienone is 2. The van der Waals surface area contributed by atoms with E-state index in [-0.39, 0.29) is 5.56 Å². The average Bonchev–Trinajstić information content (AvgIpc) is 3.11. The lowest BCUT2D eigenvalue weighted by atomic mass is 10.0. The Labute approximate surface area is 145 Å². The number of esters is 1. The number of methoxy groups -OCH3 is 2. The second-order valence-corrected chi connectivity index (χ2v) is 5.58. The van der Waals surface area contributed by atoms with Crippen molar-refractivity contribution >= 4 is 18.1 Å². The van der Waals surface area contributed by atoms with Crippen molar-refractivity contribution in [1.82, 2.24) is 4.98 Å². The van der Waals surface area contributed by atoms with Gasteiger partial charge in [-0.25, -0.2) is 4.79 Å².